The van der Waals surface area contributed by atoms with Gasteiger partial charge in [-0.1, -0.05) is 45.4 Å². The second-order valence-electron chi connectivity index (χ2n) is 2.57. The van der Waals surface area contributed by atoms with Gasteiger partial charge in [0.25, 0.3) is 0 Å². The van der Waals surface area contributed by atoms with Crippen LogP contribution in [0.1, 0.15) is 33.3 Å². The average Bonchev–Trinajstić information content (AvgIpc) is 2.37. The maximum atomic E-state index is 10.7. The van der Waals surface area contributed by atoms with Crippen molar-refractivity contribution in [3.05, 3.63) is 29.8 Å². The monoisotopic (exact) mass is 225 g/mol. The third-order valence-corrected chi connectivity index (χ3v) is 1.48. The molecule has 2 N–H and O–H groups in total. The molecule has 16 heavy (non-hydrogen) atoms. The number of aliphatic hydroxyl groups excluding tert-OH is 1. The van der Waals surface area contributed by atoms with Crippen molar-refractivity contribution in [2.24, 2.45) is 0 Å². The van der Waals surface area contributed by atoms with Crippen LogP contribution in [0.15, 0.2) is 24.3 Å². The van der Waals surface area contributed by atoms with Crippen LogP contribution in [0.5, 0.6) is 0 Å². The Morgan fingerprint density at radius 2 is 1.56 bits per heavy atom. The number of carbonyl (C=O) groups excluding carboxylic acids is 1. The predicted octanol–water partition coefficient (Wildman–Crippen LogP) is 2.98. The maximum Gasteiger partial charge on any atom is 0.250 e. The summed E-state index contributed by atoms with van der Waals surface area (Å²) in [6.07, 6.45) is 0. The van der Waals surface area contributed by atoms with Crippen LogP contribution in [0.3, 0.4) is 0 Å². The lowest BCUT2D eigenvalue weighted by Gasteiger charge is -2.02. The molecular formula is C13H23NO2. The molecule has 0 radical (unpaired) electrons. The van der Waals surface area contributed by atoms with Crippen LogP contribution in [0, 0.1) is 6.92 Å². The molecule has 0 atom stereocenters. The zero-order chi connectivity index (χ0) is 13.0. The zero-order valence-electron chi connectivity index (χ0n) is 10.9. The highest BCUT2D eigenvalue weighted by Gasteiger charge is 1.97. The van der Waals surface area contributed by atoms with Crippen LogP contribution in [-0.2, 0) is 4.79 Å². The minimum absolute atomic E-state index is 0.390. The van der Waals surface area contributed by atoms with E-state index in [2.05, 4.69) is 5.32 Å². The van der Waals surface area contributed by atoms with Gasteiger partial charge in [-0.05, 0) is 19.1 Å². The number of nitrogens with one attached hydrogen (secondary N) is 1. The van der Waals surface area contributed by atoms with Crippen molar-refractivity contribution in [2.45, 2.75) is 34.6 Å². The van der Waals surface area contributed by atoms with Crippen molar-refractivity contribution in [3.63, 3.8) is 0 Å². The molecule has 0 aliphatic heterocycles. The lowest BCUT2D eigenvalue weighted by atomic mass is 10.2. The average molecular weight is 225 g/mol. The first-order chi connectivity index (χ1) is 7.72. The van der Waals surface area contributed by atoms with E-state index < -0.39 is 6.61 Å². The normalized spacial score (nSPS) is 7.88. The molecule has 0 aliphatic carbocycles. The number of amides is 1. The number of aliphatic hydroxyl groups is 1. The lowest BCUT2D eigenvalue weighted by Crippen LogP contribution is -2.15. The van der Waals surface area contributed by atoms with Gasteiger partial charge in [-0.25, -0.2) is 0 Å². The van der Waals surface area contributed by atoms with Gasteiger partial charge >= 0.3 is 0 Å². The number of hydrogen-bond acceptors (Lipinski definition) is 2. The summed E-state index contributed by atoms with van der Waals surface area (Å²) in [5.74, 6) is -0.390. The highest BCUT2D eigenvalue weighted by atomic mass is 16.3. The fraction of sp³-hybridized carbons (Fsp3) is 0.462. The van der Waals surface area contributed by atoms with Crippen LogP contribution in [0.4, 0.5) is 5.69 Å². The lowest BCUT2D eigenvalue weighted by molar-refractivity contribution is -0.118. The third-order valence-electron chi connectivity index (χ3n) is 1.48. The number of aryl methyl sites for hydroxylation is 1. The highest BCUT2D eigenvalue weighted by molar-refractivity contribution is 5.91. The molecule has 0 heterocycles. The third kappa shape index (κ3) is 8.00. The number of anilines is 1. The number of rotatable bonds is 2. The van der Waals surface area contributed by atoms with Crippen LogP contribution in [0.2, 0.25) is 0 Å². The largest absolute Gasteiger partial charge is 0.387 e. The SMILES string of the molecule is CC.CC.Cc1ccc(NC(=O)CO)cc1. The molecule has 0 bridgehead atoms. The molecule has 0 spiro atoms. The summed E-state index contributed by atoms with van der Waals surface area (Å²) in [4.78, 5) is 10.7. The first-order valence-corrected chi connectivity index (χ1v) is 5.70. The molecule has 0 aliphatic rings. The zero-order valence-corrected chi connectivity index (χ0v) is 10.9. The molecule has 1 aromatic carbocycles. The first kappa shape index (κ1) is 17.1. The second-order valence-corrected chi connectivity index (χ2v) is 2.57. The van der Waals surface area contributed by atoms with E-state index in [9.17, 15) is 4.79 Å². The summed E-state index contributed by atoms with van der Waals surface area (Å²) in [5, 5.41) is 11.0. The van der Waals surface area contributed by atoms with Crippen molar-refractivity contribution in [3.8, 4) is 0 Å². The van der Waals surface area contributed by atoms with E-state index in [1.165, 1.54) is 0 Å². The Morgan fingerprint density at radius 1 is 1.12 bits per heavy atom. The van der Waals surface area contributed by atoms with Gasteiger partial charge in [0.05, 0.1) is 0 Å². The highest BCUT2D eigenvalue weighted by Crippen LogP contribution is 2.07. The number of benzene rings is 1. The molecule has 0 saturated heterocycles. The van der Waals surface area contributed by atoms with E-state index >= 15 is 0 Å². The van der Waals surface area contributed by atoms with Gasteiger partial charge in [-0.2, -0.15) is 0 Å². The van der Waals surface area contributed by atoms with Gasteiger partial charge in [-0.15, -0.1) is 0 Å². The summed E-state index contributed by atoms with van der Waals surface area (Å²) < 4.78 is 0. The fourth-order valence-electron chi connectivity index (χ4n) is 0.837. The van der Waals surface area contributed by atoms with E-state index in [-0.39, 0.29) is 5.91 Å². The summed E-state index contributed by atoms with van der Waals surface area (Å²) in [6, 6.07) is 7.38. The quantitative estimate of drug-likeness (QED) is 0.813. The number of carbonyl (C=O) groups is 1. The van der Waals surface area contributed by atoms with Gasteiger partial charge < -0.3 is 10.4 Å². The van der Waals surface area contributed by atoms with Gasteiger partial charge in [-0.3, -0.25) is 4.79 Å². The van der Waals surface area contributed by atoms with E-state index in [4.69, 9.17) is 5.11 Å². The van der Waals surface area contributed by atoms with E-state index in [1.807, 2.05) is 46.8 Å². The summed E-state index contributed by atoms with van der Waals surface area (Å²) >= 11 is 0. The summed E-state index contributed by atoms with van der Waals surface area (Å²) in [6.45, 7) is 9.49. The van der Waals surface area contributed by atoms with Crippen LogP contribution < -0.4 is 5.32 Å². The minimum atomic E-state index is -0.478. The second kappa shape index (κ2) is 11.7. The molecular weight excluding hydrogens is 202 g/mol. The molecule has 0 unspecified atom stereocenters. The Bertz CT molecular complexity index is 268. The molecule has 92 valence electrons. The van der Waals surface area contributed by atoms with Gasteiger partial charge in [0.2, 0.25) is 5.91 Å². The van der Waals surface area contributed by atoms with Gasteiger partial charge in [0.1, 0.15) is 6.61 Å². The Kier molecular flexibility index (Phi) is 12.5. The minimum Gasteiger partial charge on any atom is -0.387 e. The van der Waals surface area contributed by atoms with E-state index in [1.54, 1.807) is 12.1 Å². The van der Waals surface area contributed by atoms with Gasteiger partial charge in [0.15, 0.2) is 0 Å². The standard InChI is InChI=1S/C9H11NO2.2C2H6/c1-7-2-4-8(5-3-7)10-9(12)6-11;2*1-2/h2-5,11H,6H2,1H3,(H,10,12);2*1-2H3. The number of hydrogen-bond donors (Lipinski definition) is 2. The van der Waals surface area contributed by atoms with E-state index in [0.717, 1.165) is 5.56 Å². The van der Waals surface area contributed by atoms with Crippen LogP contribution >= 0.6 is 0 Å². The van der Waals surface area contributed by atoms with Crippen molar-refractivity contribution < 1.29 is 9.90 Å². The van der Waals surface area contributed by atoms with E-state index in [0.29, 0.717) is 5.69 Å². The Labute approximate surface area is 98.5 Å². The Morgan fingerprint density at radius 3 is 1.94 bits per heavy atom. The predicted molar refractivity (Wildman–Crippen MR) is 69.6 cm³/mol. The van der Waals surface area contributed by atoms with Crippen molar-refractivity contribution in [1.29, 1.82) is 0 Å². The summed E-state index contributed by atoms with van der Waals surface area (Å²) in [7, 11) is 0. The van der Waals surface area contributed by atoms with Crippen LogP contribution in [-0.4, -0.2) is 17.6 Å². The van der Waals surface area contributed by atoms with Crippen molar-refractivity contribution >= 4 is 11.6 Å². The molecule has 1 aromatic rings. The molecule has 0 fully saturated rings. The first-order valence-electron chi connectivity index (χ1n) is 5.70. The van der Waals surface area contributed by atoms with Crippen molar-refractivity contribution in [1.82, 2.24) is 0 Å². The molecule has 3 heteroatoms. The summed E-state index contributed by atoms with van der Waals surface area (Å²) in [5.41, 5.74) is 1.84. The van der Waals surface area contributed by atoms with Crippen molar-refractivity contribution in [2.75, 3.05) is 11.9 Å². The molecule has 3 nitrogen and oxygen atoms in total. The molecule has 1 rings (SSSR count). The molecule has 0 aromatic heterocycles. The smallest absolute Gasteiger partial charge is 0.250 e. The Balaban J connectivity index is 0. The Hall–Kier alpha value is -1.35. The fourth-order valence-corrected chi connectivity index (χ4v) is 0.837. The topological polar surface area (TPSA) is 49.3 Å². The maximum absolute atomic E-state index is 10.7. The molecule has 0 saturated carbocycles. The molecule has 1 amide bonds. The van der Waals surface area contributed by atoms with Gasteiger partial charge in [0, 0.05) is 5.69 Å². The van der Waals surface area contributed by atoms with Crippen LogP contribution in [0.25, 0.3) is 0 Å².